The van der Waals surface area contributed by atoms with Crippen molar-refractivity contribution in [2.45, 2.75) is 70.6 Å². The second kappa shape index (κ2) is 6.50. The van der Waals surface area contributed by atoms with Crippen LogP contribution in [0, 0.1) is 0 Å². The van der Waals surface area contributed by atoms with Crippen LogP contribution >= 0.6 is 11.3 Å². The van der Waals surface area contributed by atoms with E-state index in [1.807, 2.05) is 27.7 Å². The van der Waals surface area contributed by atoms with E-state index in [1.165, 1.54) is 11.3 Å². The van der Waals surface area contributed by atoms with Gasteiger partial charge in [-0.1, -0.05) is 0 Å². The van der Waals surface area contributed by atoms with Crippen molar-refractivity contribution >= 4 is 17.4 Å². The smallest absolute Gasteiger partial charge is 0.410 e. The maximum atomic E-state index is 13.1. The maximum Gasteiger partial charge on any atom is 0.410 e. The first-order valence-electron chi connectivity index (χ1n) is 8.66. The quantitative estimate of drug-likeness (QED) is 0.705. The number of halogens is 2. The van der Waals surface area contributed by atoms with Crippen molar-refractivity contribution < 1.29 is 23.0 Å². The first-order chi connectivity index (χ1) is 11.6. The fourth-order valence-electron chi connectivity index (χ4n) is 3.72. The molecule has 0 N–H and O–H groups in total. The molecule has 2 aliphatic rings. The maximum absolute atomic E-state index is 13.1. The predicted molar refractivity (Wildman–Crippen MR) is 92.2 cm³/mol. The van der Waals surface area contributed by atoms with E-state index >= 15 is 0 Å². The Morgan fingerprint density at radius 2 is 2.20 bits per heavy atom. The van der Waals surface area contributed by atoms with Gasteiger partial charge in [-0.3, -0.25) is 0 Å². The van der Waals surface area contributed by atoms with Gasteiger partial charge >= 0.3 is 6.09 Å². The van der Waals surface area contributed by atoms with Gasteiger partial charge in [0.25, 0.3) is 6.43 Å². The van der Waals surface area contributed by atoms with E-state index < -0.39 is 17.6 Å². The van der Waals surface area contributed by atoms with E-state index in [9.17, 15) is 13.6 Å². The molecule has 0 saturated carbocycles. The Bertz CT molecular complexity index is 655. The van der Waals surface area contributed by atoms with Gasteiger partial charge in [0.1, 0.15) is 5.60 Å². The zero-order chi connectivity index (χ0) is 18.4. The zero-order valence-electron chi connectivity index (χ0n) is 15.1. The summed E-state index contributed by atoms with van der Waals surface area (Å²) in [5, 5.41) is 0. The highest BCUT2D eigenvalue weighted by Gasteiger charge is 2.46. The van der Waals surface area contributed by atoms with Gasteiger partial charge in [0, 0.05) is 30.3 Å². The number of ether oxygens (including phenoxy) is 2. The number of alkyl halides is 2. The second-order valence-corrected chi connectivity index (χ2v) is 9.02. The number of piperidine rings is 1. The lowest BCUT2D eigenvalue weighted by Gasteiger charge is -2.47. The molecule has 0 unspecified atom stereocenters. The molecule has 3 rings (SSSR count). The second-order valence-electron chi connectivity index (χ2n) is 7.86. The van der Waals surface area contributed by atoms with Gasteiger partial charge in [0.05, 0.1) is 17.1 Å². The Morgan fingerprint density at radius 1 is 1.48 bits per heavy atom. The Balaban J connectivity index is 1.80. The monoisotopic (exact) mass is 373 g/mol. The number of carbonyl (C=O) groups excluding carboxylic acids is 1. The normalized spacial score (nSPS) is 26.8. The number of amides is 1. The van der Waals surface area contributed by atoms with Crippen molar-refractivity contribution in [1.29, 1.82) is 0 Å². The Labute approximate surface area is 151 Å². The lowest BCUT2D eigenvalue weighted by atomic mass is 9.79. The van der Waals surface area contributed by atoms with E-state index in [4.69, 9.17) is 9.47 Å². The van der Waals surface area contributed by atoms with Crippen molar-refractivity contribution in [3.63, 3.8) is 0 Å². The van der Waals surface area contributed by atoms with E-state index in [1.54, 1.807) is 11.0 Å². The van der Waals surface area contributed by atoms with Crippen molar-refractivity contribution in [2.75, 3.05) is 13.2 Å². The van der Waals surface area contributed by atoms with Crippen molar-refractivity contribution in [1.82, 2.24) is 4.90 Å². The molecular weight excluding hydrogens is 348 g/mol. The minimum absolute atomic E-state index is 0.0792. The van der Waals surface area contributed by atoms with Crippen LogP contribution < -0.4 is 0 Å². The number of carbonyl (C=O) groups is 1. The lowest BCUT2D eigenvalue weighted by Crippen LogP contribution is -2.53. The molecule has 2 atom stereocenters. The molecule has 1 fully saturated rings. The molecule has 0 bridgehead atoms. The SMILES string of the molecule is C[C@H]1C[C@@]2(CCN1C(=O)OC(C)(C)C)OCCc1sc(C(F)F)cc12. The minimum Gasteiger partial charge on any atom is -0.444 e. The van der Waals surface area contributed by atoms with Crippen molar-refractivity contribution in [3.05, 3.63) is 21.4 Å². The highest BCUT2D eigenvalue weighted by molar-refractivity contribution is 7.12. The summed E-state index contributed by atoms with van der Waals surface area (Å²) < 4.78 is 37.8. The Kier molecular flexibility index (Phi) is 4.83. The lowest BCUT2D eigenvalue weighted by molar-refractivity contribution is -0.110. The molecule has 1 aromatic rings. The molecule has 0 aromatic carbocycles. The van der Waals surface area contributed by atoms with Crippen LogP contribution in [-0.4, -0.2) is 35.8 Å². The van der Waals surface area contributed by atoms with Crippen LogP contribution in [-0.2, 0) is 21.5 Å². The molecule has 25 heavy (non-hydrogen) atoms. The molecule has 3 heterocycles. The van der Waals surface area contributed by atoms with Gasteiger partial charge in [0.2, 0.25) is 0 Å². The average molecular weight is 373 g/mol. The van der Waals surface area contributed by atoms with Crippen LogP contribution in [0.3, 0.4) is 0 Å². The van der Waals surface area contributed by atoms with E-state index in [-0.39, 0.29) is 17.0 Å². The first-order valence-corrected chi connectivity index (χ1v) is 9.48. The van der Waals surface area contributed by atoms with Crippen LogP contribution in [0.25, 0.3) is 0 Å². The van der Waals surface area contributed by atoms with E-state index in [0.717, 1.165) is 10.4 Å². The third-order valence-corrected chi connectivity index (χ3v) is 5.99. The molecule has 1 aromatic heterocycles. The number of hydrogen-bond acceptors (Lipinski definition) is 4. The predicted octanol–water partition coefficient (Wildman–Crippen LogP) is 4.87. The molecular formula is C18H25F2NO3S. The molecule has 0 radical (unpaired) electrons. The van der Waals surface area contributed by atoms with Gasteiger partial charge in [-0.25, -0.2) is 13.6 Å². The minimum atomic E-state index is -2.45. The molecule has 140 valence electrons. The molecule has 1 spiro atoms. The number of thiophene rings is 1. The van der Waals surface area contributed by atoms with Crippen molar-refractivity contribution in [2.24, 2.45) is 0 Å². The standard InChI is InChI=1S/C18H25F2NO3S/c1-11-10-18(6-7-21(11)16(22)24-17(2,3)4)12-9-14(15(19)20)25-13(12)5-8-23-18/h9,11,15H,5-8,10H2,1-4H3/t11-,18+/m0/s1. The fraction of sp³-hybridized carbons (Fsp3) is 0.722. The van der Waals surface area contributed by atoms with Gasteiger partial charge in [-0.2, -0.15) is 0 Å². The summed E-state index contributed by atoms with van der Waals surface area (Å²) in [6.07, 6.45) is -0.906. The molecule has 2 aliphatic heterocycles. The Hall–Kier alpha value is -1.21. The topological polar surface area (TPSA) is 38.8 Å². The highest BCUT2D eigenvalue weighted by Crippen LogP contribution is 2.47. The fourth-order valence-corrected chi connectivity index (χ4v) is 4.81. The number of likely N-dealkylation sites (tertiary alicyclic amines) is 1. The summed E-state index contributed by atoms with van der Waals surface area (Å²) in [7, 11) is 0. The van der Waals surface area contributed by atoms with E-state index in [2.05, 4.69) is 0 Å². The van der Waals surface area contributed by atoms with Crippen molar-refractivity contribution in [3.8, 4) is 0 Å². The van der Waals surface area contributed by atoms with Crippen LogP contribution in [0.2, 0.25) is 0 Å². The third kappa shape index (κ3) is 3.67. The summed E-state index contributed by atoms with van der Waals surface area (Å²) >= 11 is 1.19. The number of nitrogens with zero attached hydrogens (tertiary/aromatic N) is 1. The number of rotatable bonds is 1. The highest BCUT2D eigenvalue weighted by atomic mass is 32.1. The van der Waals surface area contributed by atoms with Crippen LogP contribution in [0.5, 0.6) is 0 Å². The zero-order valence-corrected chi connectivity index (χ0v) is 15.9. The van der Waals surface area contributed by atoms with Crippen LogP contribution in [0.4, 0.5) is 13.6 Å². The third-order valence-electron chi connectivity index (χ3n) is 4.78. The average Bonchev–Trinajstić information content (AvgIpc) is 2.91. The number of hydrogen-bond donors (Lipinski definition) is 0. The summed E-state index contributed by atoms with van der Waals surface area (Å²) in [5.74, 6) is 0. The van der Waals surface area contributed by atoms with Gasteiger partial charge < -0.3 is 14.4 Å². The van der Waals surface area contributed by atoms with Gasteiger partial charge in [0.15, 0.2) is 0 Å². The van der Waals surface area contributed by atoms with E-state index in [0.29, 0.717) is 32.4 Å². The molecule has 0 aliphatic carbocycles. The van der Waals surface area contributed by atoms with Gasteiger partial charge in [-0.05, 0) is 45.7 Å². The summed E-state index contributed by atoms with van der Waals surface area (Å²) in [6.45, 7) is 8.52. The summed E-state index contributed by atoms with van der Waals surface area (Å²) in [6, 6.07) is 1.53. The molecule has 7 heteroatoms. The first kappa shape index (κ1) is 18.6. The van der Waals surface area contributed by atoms with Crippen LogP contribution in [0.15, 0.2) is 6.07 Å². The summed E-state index contributed by atoms with van der Waals surface area (Å²) in [5.41, 5.74) is -0.204. The molecule has 4 nitrogen and oxygen atoms in total. The summed E-state index contributed by atoms with van der Waals surface area (Å²) in [4.78, 5) is 15.2. The Morgan fingerprint density at radius 3 is 2.80 bits per heavy atom. The van der Waals surface area contributed by atoms with Crippen LogP contribution in [0.1, 0.15) is 62.3 Å². The van der Waals surface area contributed by atoms with Gasteiger partial charge in [-0.15, -0.1) is 11.3 Å². The largest absolute Gasteiger partial charge is 0.444 e. The molecule has 1 amide bonds. The molecule has 1 saturated heterocycles. The number of fused-ring (bicyclic) bond motifs is 2.